The molecule has 0 bridgehead atoms. The predicted molar refractivity (Wildman–Crippen MR) is 180 cm³/mol. The van der Waals surface area contributed by atoms with Crippen LogP contribution in [0.2, 0.25) is 0 Å². The van der Waals surface area contributed by atoms with Crippen LogP contribution in [0, 0.1) is 0 Å². The second kappa shape index (κ2) is 12.4. The lowest BCUT2D eigenvalue weighted by atomic mass is 10.0. The van der Waals surface area contributed by atoms with Crippen molar-refractivity contribution in [1.29, 1.82) is 0 Å². The van der Waals surface area contributed by atoms with E-state index in [1.807, 2.05) is 115 Å². The van der Waals surface area contributed by atoms with Gasteiger partial charge in [0.15, 0.2) is 0 Å². The number of hydrogen-bond acceptors (Lipinski definition) is 7. The van der Waals surface area contributed by atoms with Crippen LogP contribution in [0.15, 0.2) is 121 Å². The fourth-order valence-corrected chi connectivity index (χ4v) is 8.29. The Hall–Kier alpha value is -4.31. The molecule has 4 aromatic carbocycles. The summed E-state index contributed by atoms with van der Waals surface area (Å²) in [7, 11) is 0. The number of nitrogens with one attached hydrogen (secondary N) is 1. The Morgan fingerprint density at radius 1 is 0.909 bits per heavy atom. The minimum absolute atomic E-state index is 0.190. The van der Waals surface area contributed by atoms with Gasteiger partial charge in [-0.2, -0.15) is 0 Å². The van der Waals surface area contributed by atoms with Gasteiger partial charge in [0, 0.05) is 11.3 Å². The highest BCUT2D eigenvalue weighted by Gasteiger charge is 2.54. The number of nitrogens with zero attached hydrogens (tertiary/aromatic N) is 2. The normalized spacial score (nSPS) is 17.8. The molecule has 0 radical (unpaired) electrons. The number of thiocarbonyl (C=S) groups is 1. The summed E-state index contributed by atoms with van der Waals surface area (Å²) in [6.45, 7) is 0. The van der Waals surface area contributed by atoms with Crippen molar-refractivity contribution in [2.24, 2.45) is 0 Å². The molecule has 1 aromatic heterocycles. The number of β-lactam (4-membered cyclic amide) rings is 1. The minimum Gasteiger partial charge on any atom is -0.469 e. The van der Waals surface area contributed by atoms with E-state index >= 15 is 0 Å². The lowest BCUT2D eigenvalue weighted by Gasteiger charge is -2.50. The topological polar surface area (TPSA) is 71.5 Å². The number of ether oxygens (including phenoxy) is 1. The van der Waals surface area contributed by atoms with Crippen LogP contribution in [0.1, 0.15) is 27.8 Å². The molecule has 218 valence electrons. The van der Waals surface area contributed by atoms with Gasteiger partial charge in [0.25, 0.3) is 5.91 Å². The second-order valence-corrected chi connectivity index (χ2v) is 13.0. The number of aromatic nitrogens is 1. The van der Waals surface area contributed by atoms with Crippen molar-refractivity contribution in [3.8, 4) is 0 Å². The molecule has 44 heavy (non-hydrogen) atoms. The number of thiazole rings is 1. The Morgan fingerprint density at radius 3 is 2.18 bits per heavy atom. The third-order valence-corrected chi connectivity index (χ3v) is 10.3. The summed E-state index contributed by atoms with van der Waals surface area (Å²) in [5, 5.41) is 3.70. The third kappa shape index (κ3) is 5.54. The van der Waals surface area contributed by atoms with Gasteiger partial charge in [-0.05, 0) is 41.0 Å². The van der Waals surface area contributed by atoms with Gasteiger partial charge in [-0.1, -0.05) is 103 Å². The minimum atomic E-state index is -0.648. The Kier molecular flexibility index (Phi) is 7.99. The molecule has 2 aliphatic heterocycles. The van der Waals surface area contributed by atoms with Gasteiger partial charge < -0.3 is 10.1 Å². The van der Waals surface area contributed by atoms with Crippen LogP contribution in [-0.4, -0.2) is 43.9 Å². The van der Waals surface area contributed by atoms with E-state index in [2.05, 4.69) is 5.32 Å². The van der Waals surface area contributed by atoms with E-state index < -0.39 is 12.1 Å². The summed E-state index contributed by atoms with van der Waals surface area (Å²) in [5.41, 5.74) is 5.10. The van der Waals surface area contributed by atoms with Crippen LogP contribution in [-0.2, 0) is 20.7 Å². The summed E-state index contributed by atoms with van der Waals surface area (Å²) in [5.74, 6) is 0.169. The first-order chi connectivity index (χ1) is 21.6. The molecule has 2 amide bonds. The predicted octanol–water partition coefficient (Wildman–Crippen LogP) is 6.78. The molecular weight excluding hydrogens is 607 g/mol. The van der Waals surface area contributed by atoms with Crippen molar-refractivity contribution in [3.05, 3.63) is 143 Å². The molecule has 0 unspecified atom stereocenters. The van der Waals surface area contributed by atoms with Gasteiger partial charge in [0.2, 0.25) is 11.0 Å². The highest BCUT2D eigenvalue weighted by molar-refractivity contribution is 8.00. The standard InChI is InChI=1S/C35H27N3O3S3/c39-28(20-22-12-4-1-5-13-22)37-29-33(40)38-30(25(21-43-34(29)38)32-36-26-18-10-11-19-27(26)44-32)35(42)41-31(23-14-6-2-7-15-23)24-16-8-3-9-17-24/h1-19,29,31,34H,20-21H2,(H,37,39)/t29-,34-/m1/s1. The van der Waals surface area contributed by atoms with Gasteiger partial charge in [0.05, 0.1) is 16.6 Å². The maximum Gasteiger partial charge on any atom is 0.253 e. The Balaban J connectivity index is 1.23. The van der Waals surface area contributed by atoms with E-state index in [0.717, 1.165) is 37.5 Å². The van der Waals surface area contributed by atoms with Crippen LogP contribution in [0.5, 0.6) is 0 Å². The largest absolute Gasteiger partial charge is 0.469 e. The summed E-state index contributed by atoms with van der Waals surface area (Å²) in [6.07, 6.45) is -0.265. The first-order valence-corrected chi connectivity index (χ1v) is 16.5. The van der Waals surface area contributed by atoms with Crippen molar-refractivity contribution in [3.63, 3.8) is 0 Å². The number of carbonyl (C=O) groups excluding carboxylic acids is 2. The number of amides is 2. The lowest BCUT2D eigenvalue weighted by Crippen LogP contribution is -2.70. The van der Waals surface area contributed by atoms with E-state index in [-0.39, 0.29) is 28.7 Å². The van der Waals surface area contributed by atoms with E-state index in [0.29, 0.717) is 11.4 Å². The fourth-order valence-electron chi connectivity index (χ4n) is 5.53. The van der Waals surface area contributed by atoms with Crippen molar-refractivity contribution >= 4 is 68.0 Å². The zero-order valence-corrected chi connectivity index (χ0v) is 25.9. The van der Waals surface area contributed by atoms with Crippen molar-refractivity contribution in [2.45, 2.75) is 23.9 Å². The number of hydrogen-bond donors (Lipinski definition) is 1. The quantitative estimate of drug-likeness (QED) is 0.150. The van der Waals surface area contributed by atoms with Crippen LogP contribution >= 0.6 is 35.3 Å². The van der Waals surface area contributed by atoms with Crippen molar-refractivity contribution in [1.82, 2.24) is 15.2 Å². The molecule has 3 heterocycles. The summed E-state index contributed by atoms with van der Waals surface area (Å²) in [4.78, 5) is 33.3. The number of fused-ring (bicyclic) bond motifs is 2. The average molecular weight is 634 g/mol. The monoisotopic (exact) mass is 633 g/mol. The van der Waals surface area contributed by atoms with Crippen molar-refractivity contribution in [2.75, 3.05) is 5.75 Å². The van der Waals surface area contributed by atoms with Gasteiger partial charge >= 0.3 is 0 Å². The molecular formula is C35H27N3O3S3. The van der Waals surface area contributed by atoms with Crippen LogP contribution in [0.4, 0.5) is 0 Å². The Bertz CT molecular complexity index is 1800. The molecule has 0 spiro atoms. The second-order valence-electron chi connectivity index (χ2n) is 10.5. The van der Waals surface area contributed by atoms with Crippen LogP contribution in [0.25, 0.3) is 15.8 Å². The lowest BCUT2D eigenvalue weighted by molar-refractivity contribution is -0.145. The van der Waals surface area contributed by atoms with Crippen molar-refractivity contribution < 1.29 is 14.3 Å². The molecule has 0 aliphatic carbocycles. The number of carbonyl (C=O) groups is 2. The molecule has 5 aromatic rings. The van der Waals surface area contributed by atoms with E-state index in [4.69, 9.17) is 21.9 Å². The summed E-state index contributed by atoms with van der Waals surface area (Å²) in [6, 6.07) is 36.7. The maximum absolute atomic E-state index is 13.8. The number of thioether (sulfide) groups is 1. The third-order valence-electron chi connectivity index (χ3n) is 7.67. The molecule has 0 saturated carbocycles. The SMILES string of the molecule is O=C(Cc1ccccc1)N[C@@H]1C(=O)N2C(C(=S)OC(c3ccccc3)c3ccccc3)=C(c3nc4ccccc4s3)CS[C@H]12. The molecule has 6 nitrogen and oxygen atoms in total. The molecule has 2 atom stereocenters. The van der Waals surface area contributed by atoms with E-state index in [1.165, 1.54) is 0 Å². The first kappa shape index (κ1) is 28.5. The van der Waals surface area contributed by atoms with Crippen LogP contribution < -0.4 is 5.32 Å². The first-order valence-electron chi connectivity index (χ1n) is 14.2. The molecule has 7 rings (SSSR count). The van der Waals surface area contributed by atoms with Crippen LogP contribution in [0.3, 0.4) is 0 Å². The Labute approximate surface area is 268 Å². The molecule has 2 aliphatic rings. The van der Waals surface area contributed by atoms with Gasteiger partial charge in [0.1, 0.15) is 28.2 Å². The number of benzene rings is 4. The highest BCUT2D eigenvalue weighted by Crippen LogP contribution is 2.46. The van der Waals surface area contributed by atoms with E-state index in [1.54, 1.807) is 28.0 Å². The Morgan fingerprint density at radius 2 is 1.52 bits per heavy atom. The highest BCUT2D eigenvalue weighted by atomic mass is 32.2. The smallest absolute Gasteiger partial charge is 0.253 e. The molecule has 9 heteroatoms. The molecule has 1 fully saturated rings. The molecule has 1 saturated heterocycles. The van der Waals surface area contributed by atoms with E-state index in [9.17, 15) is 9.59 Å². The zero-order valence-electron chi connectivity index (χ0n) is 23.5. The number of rotatable bonds is 8. The van der Waals surface area contributed by atoms with Gasteiger partial charge in [-0.15, -0.1) is 23.1 Å². The zero-order chi connectivity index (χ0) is 30.0. The summed E-state index contributed by atoms with van der Waals surface area (Å²) >= 11 is 9.22. The number of para-hydroxylation sites is 1. The molecule has 1 N–H and O–H groups in total. The van der Waals surface area contributed by atoms with Gasteiger partial charge in [-0.25, -0.2) is 4.98 Å². The average Bonchev–Trinajstić information content (AvgIpc) is 3.51. The maximum atomic E-state index is 13.8. The van der Waals surface area contributed by atoms with Gasteiger partial charge in [-0.3, -0.25) is 14.5 Å². The fraction of sp³-hybridized carbons (Fsp3) is 0.143. The summed E-state index contributed by atoms with van der Waals surface area (Å²) < 4.78 is 7.70.